The smallest absolute Gasteiger partial charge is 0.407 e. The molecule has 34 heavy (non-hydrogen) atoms. The summed E-state index contributed by atoms with van der Waals surface area (Å²) in [6.07, 6.45) is -0.590. The first kappa shape index (κ1) is 23.8. The number of nitrogens with one attached hydrogen (secondary N) is 2. The number of carboxylic acid groups (broad SMARTS) is 1. The second-order valence-electron chi connectivity index (χ2n) is 9.15. The molecule has 0 aromatic heterocycles. The number of hydrogen-bond donors (Lipinski definition) is 3. The van der Waals surface area contributed by atoms with E-state index in [-0.39, 0.29) is 44.1 Å². The van der Waals surface area contributed by atoms with Crippen LogP contribution in [-0.4, -0.2) is 55.5 Å². The van der Waals surface area contributed by atoms with Crippen molar-refractivity contribution in [2.75, 3.05) is 26.4 Å². The molecule has 2 aliphatic rings. The van der Waals surface area contributed by atoms with E-state index in [9.17, 15) is 19.5 Å². The van der Waals surface area contributed by atoms with E-state index in [2.05, 4.69) is 34.9 Å². The lowest BCUT2D eigenvalue weighted by Crippen LogP contribution is -2.48. The zero-order chi connectivity index (χ0) is 24.2. The van der Waals surface area contributed by atoms with Crippen molar-refractivity contribution in [3.63, 3.8) is 0 Å². The Bertz CT molecular complexity index is 1020. The van der Waals surface area contributed by atoms with Crippen LogP contribution in [-0.2, 0) is 19.1 Å². The van der Waals surface area contributed by atoms with Crippen molar-refractivity contribution < 1.29 is 29.0 Å². The molecule has 0 saturated carbocycles. The monoisotopic (exact) mass is 466 g/mol. The van der Waals surface area contributed by atoms with Gasteiger partial charge in [0.25, 0.3) is 0 Å². The molecular weight excluding hydrogens is 436 g/mol. The van der Waals surface area contributed by atoms with Crippen LogP contribution in [0.2, 0.25) is 0 Å². The highest BCUT2D eigenvalue weighted by Gasteiger charge is 2.37. The lowest BCUT2D eigenvalue weighted by Gasteiger charge is -2.24. The number of amides is 2. The predicted octanol–water partition coefficient (Wildman–Crippen LogP) is 3.01. The Hall–Kier alpha value is -3.39. The van der Waals surface area contributed by atoms with Crippen molar-refractivity contribution in [3.05, 3.63) is 59.7 Å². The fourth-order valence-corrected chi connectivity index (χ4v) is 4.70. The maximum atomic E-state index is 12.8. The van der Waals surface area contributed by atoms with Gasteiger partial charge in [0.15, 0.2) is 0 Å². The zero-order valence-corrected chi connectivity index (χ0v) is 19.3. The van der Waals surface area contributed by atoms with Gasteiger partial charge in [-0.15, -0.1) is 0 Å². The summed E-state index contributed by atoms with van der Waals surface area (Å²) >= 11 is 0. The zero-order valence-electron chi connectivity index (χ0n) is 19.3. The number of carbonyl (C=O) groups excluding carboxylic acids is 2. The molecule has 8 heteroatoms. The van der Waals surface area contributed by atoms with Gasteiger partial charge in [-0.3, -0.25) is 9.59 Å². The van der Waals surface area contributed by atoms with Gasteiger partial charge in [-0.25, -0.2) is 4.79 Å². The second-order valence-corrected chi connectivity index (χ2v) is 9.15. The van der Waals surface area contributed by atoms with Crippen LogP contribution in [0.5, 0.6) is 0 Å². The van der Waals surface area contributed by atoms with Gasteiger partial charge in [0.2, 0.25) is 5.91 Å². The third-order valence-electron chi connectivity index (χ3n) is 6.68. The number of alkyl carbamates (subject to hydrolysis) is 1. The lowest BCUT2D eigenvalue weighted by atomic mass is 9.93. The lowest BCUT2D eigenvalue weighted by molar-refractivity contribution is -0.142. The van der Waals surface area contributed by atoms with Crippen molar-refractivity contribution in [3.8, 4) is 11.1 Å². The maximum Gasteiger partial charge on any atom is 0.407 e. The van der Waals surface area contributed by atoms with Crippen LogP contribution in [0.25, 0.3) is 11.1 Å². The van der Waals surface area contributed by atoms with Crippen LogP contribution in [0.4, 0.5) is 4.79 Å². The van der Waals surface area contributed by atoms with Gasteiger partial charge in [-0.2, -0.15) is 0 Å². The predicted molar refractivity (Wildman–Crippen MR) is 125 cm³/mol. The minimum Gasteiger partial charge on any atom is -0.481 e. The molecule has 8 nitrogen and oxygen atoms in total. The molecule has 1 saturated heterocycles. The SMILES string of the molecule is CC(C)C(CNC(=O)OCC1c2ccccc2-c2ccccc21)C(=O)NC1COCC1C(=O)O. The molecule has 0 radical (unpaired) electrons. The summed E-state index contributed by atoms with van der Waals surface area (Å²) in [4.78, 5) is 36.7. The highest BCUT2D eigenvalue weighted by atomic mass is 16.5. The Kier molecular flexibility index (Phi) is 7.17. The van der Waals surface area contributed by atoms with E-state index in [0.29, 0.717) is 0 Å². The number of rotatable bonds is 8. The molecule has 3 unspecified atom stereocenters. The van der Waals surface area contributed by atoms with Gasteiger partial charge in [0, 0.05) is 12.5 Å². The van der Waals surface area contributed by atoms with E-state index in [1.54, 1.807) is 0 Å². The topological polar surface area (TPSA) is 114 Å². The van der Waals surface area contributed by atoms with Gasteiger partial charge in [0.1, 0.15) is 12.5 Å². The molecule has 0 bridgehead atoms. The Morgan fingerprint density at radius 1 is 1.03 bits per heavy atom. The van der Waals surface area contributed by atoms with E-state index in [1.165, 1.54) is 0 Å². The average Bonchev–Trinajstić information content (AvgIpc) is 3.40. The Morgan fingerprint density at radius 3 is 2.24 bits per heavy atom. The Balaban J connectivity index is 1.33. The van der Waals surface area contributed by atoms with Crippen molar-refractivity contribution >= 4 is 18.0 Å². The minimum absolute atomic E-state index is 0.0438. The summed E-state index contributed by atoms with van der Waals surface area (Å²) < 4.78 is 10.8. The second kappa shape index (κ2) is 10.3. The van der Waals surface area contributed by atoms with Gasteiger partial charge in [0.05, 0.1) is 25.2 Å². The first-order chi connectivity index (χ1) is 16.4. The number of aliphatic carboxylic acids is 1. The van der Waals surface area contributed by atoms with E-state index in [0.717, 1.165) is 22.3 Å². The quantitative estimate of drug-likeness (QED) is 0.551. The summed E-state index contributed by atoms with van der Waals surface area (Å²) in [6, 6.07) is 15.6. The van der Waals surface area contributed by atoms with Crippen LogP contribution >= 0.6 is 0 Å². The van der Waals surface area contributed by atoms with Crippen molar-refractivity contribution in [1.29, 1.82) is 0 Å². The Labute approximate surface area is 198 Å². The summed E-state index contributed by atoms with van der Waals surface area (Å²) in [6.45, 7) is 4.27. The fourth-order valence-electron chi connectivity index (χ4n) is 4.70. The van der Waals surface area contributed by atoms with Crippen molar-refractivity contribution in [2.24, 2.45) is 17.8 Å². The van der Waals surface area contributed by atoms with Crippen LogP contribution in [0, 0.1) is 17.8 Å². The highest BCUT2D eigenvalue weighted by Crippen LogP contribution is 2.44. The number of hydrogen-bond acceptors (Lipinski definition) is 5. The molecule has 4 rings (SSSR count). The number of benzene rings is 2. The Morgan fingerprint density at radius 2 is 1.65 bits per heavy atom. The maximum absolute atomic E-state index is 12.8. The molecule has 1 heterocycles. The number of ether oxygens (including phenoxy) is 2. The minimum atomic E-state index is -0.999. The molecule has 180 valence electrons. The van der Waals surface area contributed by atoms with E-state index in [4.69, 9.17) is 9.47 Å². The molecular formula is C26H30N2O6. The third kappa shape index (κ3) is 4.92. The first-order valence-electron chi connectivity index (χ1n) is 11.6. The van der Waals surface area contributed by atoms with Gasteiger partial charge < -0.3 is 25.2 Å². The largest absolute Gasteiger partial charge is 0.481 e. The average molecular weight is 467 g/mol. The summed E-state index contributed by atoms with van der Waals surface area (Å²) in [5.74, 6) is -2.73. The standard InChI is InChI=1S/C26H30N2O6/c1-15(2)20(24(29)28-23-14-33-12-22(23)25(30)31)11-27-26(32)34-13-21-18-9-5-3-7-16(18)17-8-4-6-10-19(17)21/h3-10,15,20-23H,11-14H2,1-2H3,(H,27,32)(H,28,29)(H,30,31). The highest BCUT2D eigenvalue weighted by molar-refractivity contribution is 5.82. The first-order valence-corrected chi connectivity index (χ1v) is 11.6. The molecule has 3 N–H and O–H groups in total. The molecule has 1 fully saturated rings. The normalized spacial score (nSPS) is 19.9. The molecule has 2 aromatic rings. The molecule has 0 spiro atoms. The molecule has 1 aliphatic carbocycles. The van der Waals surface area contributed by atoms with Crippen LogP contribution in [0.1, 0.15) is 30.9 Å². The van der Waals surface area contributed by atoms with Crippen LogP contribution < -0.4 is 10.6 Å². The summed E-state index contributed by atoms with van der Waals surface area (Å²) in [7, 11) is 0. The third-order valence-corrected chi connectivity index (χ3v) is 6.68. The van der Waals surface area contributed by atoms with Crippen LogP contribution in [0.15, 0.2) is 48.5 Å². The number of fused-ring (bicyclic) bond motifs is 3. The molecule has 2 aromatic carbocycles. The van der Waals surface area contributed by atoms with Gasteiger partial charge in [-0.1, -0.05) is 62.4 Å². The number of carboxylic acids is 1. The van der Waals surface area contributed by atoms with E-state index < -0.39 is 29.9 Å². The summed E-state index contributed by atoms with van der Waals surface area (Å²) in [5.41, 5.74) is 4.56. The van der Waals surface area contributed by atoms with Crippen molar-refractivity contribution in [2.45, 2.75) is 25.8 Å². The van der Waals surface area contributed by atoms with Crippen LogP contribution in [0.3, 0.4) is 0 Å². The molecule has 2 amide bonds. The molecule has 3 atom stereocenters. The van der Waals surface area contributed by atoms with E-state index >= 15 is 0 Å². The van der Waals surface area contributed by atoms with E-state index in [1.807, 2.05) is 38.1 Å². The van der Waals surface area contributed by atoms with Gasteiger partial charge in [-0.05, 0) is 28.2 Å². The summed E-state index contributed by atoms with van der Waals surface area (Å²) in [5, 5.41) is 14.8. The van der Waals surface area contributed by atoms with Gasteiger partial charge >= 0.3 is 12.1 Å². The van der Waals surface area contributed by atoms with Crippen molar-refractivity contribution in [1.82, 2.24) is 10.6 Å². The number of carbonyl (C=O) groups is 3. The fraction of sp³-hybridized carbons (Fsp3) is 0.423. The molecule has 1 aliphatic heterocycles.